The zero-order valence-electron chi connectivity index (χ0n) is 27.6. The Morgan fingerprint density at radius 2 is 1.71 bits per heavy atom. The van der Waals surface area contributed by atoms with Crippen LogP contribution in [0.2, 0.25) is 0 Å². The van der Waals surface area contributed by atoms with Crippen LogP contribution in [0.25, 0.3) is 55.4 Å². The van der Waals surface area contributed by atoms with Crippen LogP contribution in [0.4, 0.5) is 0 Å². The number of allylic oxidation sites excluding steroid dienone is 4. The van der Waals surface area contributed by atoms with Gasteiger partial charge in [-0.3, -0.25) is 0 Å². The average Bonchev–Trinajstić information content (AvgIpc) is 4.10. The first-order valence-corrected chi connectivity index (χ1v) is 17.3. The van der Waals surface area contributed by atoms with Gasteiger partial charge in [0.05, 0.1) is 54.1 Å². The van der Waals surface area contributed by atoms with Crippen molar-refractivity contribution in [1.82, 2.24) is 90.5 Å². The highest BCUT2D eigenvalue weighted by Gasteiger charge is 2.59. The summed E-state index contributed by atoms with van der Waals surface area (Å²) in [6.07, 6.45) is 14.4. The van der Waals surface area contributed by atoms with E-state index in [-0.39, 0.29) is 11.6 Å². The molecule has 0 aliphatic heterocycles. The summed E-state index contributed by atoms with van der Waals surface area (Å²) in [5, 5.41) is 38.3. The van der Waals surface area contributed by atoms with E-state index in [1.54, 1.807) is 43.4 Å². The molecular formula is C34H18N18O2S. The SMILES string of the molecule is c1ccc2c(C3=C(c4ncc5nccnc5n4)C(c4ncc5[nH]cnc5n4)=C(c4conn4)C(c4csnn4)C3(c3ccnnn3)c3cnon3)[nH]cc2c1. The van der Waals surface area contributed by atoms with Gasteiger partial charge in [-0.1, -0.05) is 39.1 Å². The van der Waals surface area contributed by atoms with E-state index >= 15 is 0 Å². The Bertz CT molecular complexity index is 3070. The van der Waals surface area contributed by atoms with Gasteiger partial charge in [-0.15, -0.1) is 20.4 Å². The van der Waals surface area contributed by atoms with Crippen LogP contribution < -0.4 is 0 Å². The second-order valence-corrected chi connectivity index (χ2v) is 12.9. The Morgan fingerprint density at radius 3 is 2.56 bits per heavy atom. The molecule has 0 radical (unpaired) electrons. The predicted molar refractivity (Wildman–Crippen MR) is 191 cm³/mol. The van der Waals surface area contributed by atoms with Crippen LogP contribution in [0.1, 0.15) is 46.0 Å². The summed E-state index contributed by atoms with van der Waals surface area (Å²) in [4.78, 5) is 40.0. The molecule has 0 bridgehead atoms. The lowest BCUT2D eigenvalue weighted by molar-refractivity contribution is 0.298. The lowest BCUT2D eigenvalue weighted by Crippen LogP contribution is -2.42. The minimum Gasteiger partial charge on any atom is -0.360 e. The summed E-state index contributed by atoms with van der Waals surface area (Å²) < 4.78 is 15.2. The Balaban J connectivity index is 1.44. The summed E-state index contributed by atoms with van der Waals surface area (Å²) in [6, 6.07) is 9.68. The summed E-state index contributed by atoms with van der Waals surface area (Å²) in [5.74, 6) is -0.421. The highest BCUT2D eigenvalue weighted by Crippen LogP contribution is 2.64. The molecule has 9 heterocycles. The fourth-order valence-electron chi connectivity index (χ4n) is 7.47. The van der Waals surface area contributed by atoms with E-state index in [9.17, 15) is 0 Å². The fourth-order valence-corrected chi connectivity index (χ4v) is 7.95. The molecule has 1 aliphatic rings. The van der Waals surface area contributed by atoms with Crippen LogP contribution in [-0.4, -0.2) is 90.5 Å². The van der Waals surface area contributed by atoms with Gasteiger partial charge in [0.15, 0.2) is 29.2 Å². The number of H-pyrrole nitrogens is 2. The zero-order chi connectivity index (χ0) is 36.3. The first-order valence-electron chi connectivity index (χ1n) is 16.4. The maximum atomic E-state index is 5.45. The number of imidazole rings is 1. The number of nitrogens with one attached hydrogen (secondary N) is 2. The van der Waals surface area contributed by atoms with Gasteiger partial charge in [-0.25, -0.2) is 39.5 Å². The van der Waals surface area contributed by atoms with Gasteiger partial charge in [0.25, 0.3) is 0 Å². The van der Waals surface area contributed by atoms with E-state index in [1.165, 1.54) is 24.0 Å². The number of hydrogen-bond acceptors (Lipinski definition) is 19. The van der Waals surface area contributed by atoms with Gasteiger partial charge >= 0.3 is 0 Å². The third-order valence-corrected chi connectivity index (χ3v) is 10.1. The van der Waals surface area contributed by atoms with Crippen molar-refractivity contribution in [2.24, 2.45) is 0 Å². The van der Waals surface area contributed by atoms with E-state index in [1.807, 2.05) is 35.8 Å². The minimum atomic E-state index is -1.54. The van der Waals surface area contributed by atoms with Crippen LogP contribution >= 0.6 is 11.5 Å². The smallest absolute Gasteiger partial charge is 0.181 e. The fraction of sp³-hybridized carbons (Fsp3) is 0.0588. The van der Waals surface area contributed by atoms with E-state index in [0.717, 1.165) is 10.8 Å². The lowest BCUT2D eigenvalue weighted by atomic mass is 9.55. The minimum absolute atomic E-state index is 0.231. The molecule has 2 N–H and O–H groups in total. The number of aromatic nitrogens is 18. The largest absolute Gasteiger partial charge is 0.360 e. The third kappa shape index (κ3) is 4.56. The van der Waals surface area contributed by atoms with Gasteiger partial charge in [0, 0.05) is 56.9 Å². The molecule has 21 heteroatoms. The molecule has 1 aromatic carbocycles. The molecule has 11 rings (SSSR count). The van der Waals surface area contributed by atoms with Crippen LogP contribution in [-0.2, 0) is 5.41 Å². The molecule has 2 atom stereocenters. The number of fused-ring (bicyclic) bond motifs is 3. The Morgan fingerprint density at radius 1 is 0.800 bits per heavy atom. The van der Waals surface area contributed by atoms with Crippen LogP contribution in [0.3, 0.4) is 0 Å². The Labute approximate surface area is 309 Å². The first kappa shape index (κ1) is 30.7. The van der Waals surface area contributed by atoms with Crippen molar-refractivity contribution in [3.8, 4) is 0 Å². The monoisotopic (exact) mass is 742 g/mol. The first-order chi connectivity index (χ1) is 27.3. The van der Waals surface area contributed by atoms with Crippen molar-refractivity contribution >= 4 is 66.9 Å². The van der Waals surface area contributed by atoms with Crippen molar-refractivity contribution in [3.05, 3.63) is 132 Å². The van der Waals surface area contributed by atoms with E-state index in [4.69, 9.17) is 34.2 Å². The number of nitrogens with zero attached hydrogens (tertiary/aromatic N) is 16. The molecule has 55 heavy (non-hydrogen) atoms. The summed E-state index contributed by atoms with van der Waals surface area (Å²) >= 11 is 1.17. The van der Waals surface area contributed by atoms with Gasteiger partial charge in [0.2, 0.25) is 0 Å². The third-order valence-electron chi connectivity index (χ3n) is 9.57. The standard InChI is InChI=1S/C34H18N18O2S/c1-2-4-17-16(3-1)9-37-29(17)28-26(33-39-10-18-30(44-33)36-8-7-35-18)25(32-38-11-19-31(45-32)41-15-40-19)24(20-13-53-51-46-20)27(21-14-55-52-47-21)34(28,23-12-43-54-49-23)22-5-6-42-50-48-22/h1-15,27,37H,(H,38,40,41,45). The van der Waals surface area contributed by atoms with Gasteiger partial charge < -0.3 is 14.5 Å². The van der Waals surface area contributed by atoms with Gasteiger partial charge in [-0.05, 0) is 28.2 Å². The Hall–Kier alpha value is -7.94. The maximum Gasteiger partial charge on any atom is 0.181 e. The number of rotatable bonds is 7. The number of hydrogen-bond donors (Lipinski definition) is 2. The van der Waals surface area contributed by atoms with Crippen LogP contribution in [0.5, 0.6) is 0 Å². The summed E-state index contributed by atoms with van der Waals surface area (Å²) in [5.41, 5.74) is 4.44. The molecule has 0 saturated heterocycles. The molecule has 262 valence electrons. The van der Waals surface area contributed by atoms with Gasteiger partial charge in [0.1, 0.15) is 27.8 Å². The van der Waals surface area contributed by atoms with Crippen molar-refractivity contribution in [2.75, 3.05) is 0 Å². The van der Waals surface area contributed by atoms with Crippen LogP contribution in [0, 0.1) is 0 Å². The molecular weight excluding hydrogens is 725 g/mol. The summed E-state index contributed by atoms with van der Waals surface area (Å²) in [7, 11) is 0. The van der Waals surface area contributed by atoms with Crippen molar-refractivity contribution < 1.29 is 9.15 Å². The highest BCUT2D eigenvalue weighted by molar-refractivity contribution is 7.03. The number of benzene rings is 1. The second-order valence-electron chi connectivity index (χ2n) is 12.2. The average molecular weight is 743 g/mol. The molecule has 2 unspecified atom stereocenters. The molecule has 10 aromatic rings. The number of aromatic amines is 2. The van der Waals surface area contributed by atoms with E-state index in [2.05, 4.69) is 65.5 Å². The van der Waals surface area contributed by atoms with Crippen molar-refractivity contribution in [1.29, 1.82) is 0 Å². The van der Waals surface area contributed by atoms with Crippen molar-refractivity contribution in [3.63, 3.8) is 0 Å². The lowest BCUT2D eigenvalue weighted by Gasteiger charge is -2.44. The predicted octanol–water partition coefficient (Wildman–Crippen LogP) is 3.68. The Kier molecular flexibility index (Phi) is 6.72. The molecule has 0 fully saturated rings. The normalized spacial score (nSPS) is 17.6. The summed E-state index contributed by atoms with van der Waals surface area (Å²) in [6.45, 7) is 0. The molecule has 0 saturated carbocycles. The van der Waals surface area contributed by atoms with E-state index in [0.29, 0.717) is 73.1 Å². The zero-order valence-corrected chi connectivity index (χ0v) is 28.4. The molecule has 0 amide bonds. The van der Waals surface area contributed by atoms with Gasteiger partial charge in [-0.2, -0.15) is 0 Å². The quantitative estimate of drug-likeness (QED) is 0.236. The van der Waals surface area contributed by atoms with Crippen molar-refractivity contribution in [2.45, 2.75) is 11.3 Å². The highest BCUT2D eigenvalue weighted by atomic mass is 32.1. The maximum absolute atomic E-state index is 5.45. The molecule has 0 spiro atoms. The second kappa shape index (κ2) is 12.1. The topological polar surface area (TPSA) is 264 Å². The molecule has 1 aliphatic carbocycles. The molecule has 9 aromatic heterocycles. The molecule has 20 nitrogen and oxygen atoms in total. The van der Waals surface area contributed by atoms with E-state index < -0.39 is 11.3 Å². The van der Waals surface area contributed by atoms with Crippen LogP contribution in [0.15, 0.2) is 101 Å².